The summed E-state index contributed by atoms with van der Waals surface area (Å²) in [5, 5.41) is 6.01. The van der Waals surface area contributed by atoms with E-state index in [4.69, 9.17) is 4.74 Å². The molecule has 2 heterocycles. The SMILES string of the molecule is CN=C(NCc1cccc(C(=O)NC)c1)N1CCC(Oc2ccccn2)C1. The third kappa shape index (κ3) is 4.97. The van der Waals surface area contributed by atoms with E-state index < -0.39 is 0 Å². The van der Waals surface area contributed by atoms with Gasteiger partial charge >= 0.3 is 0 Å². The number of aliphatic imine (C=N–C) groups is 1. The molecule has 0 radical (unpaired) electrons. The molecule has 0 saturated carbocycles. The van der Waals surface area contributed by atoms with E-state index in [0.29, 0.717) is 18.0 Å². The van der Waals surface area contributed by atoms with Gasteiger partial charge < -0.3 is 20.3 Å². The van der Waals surface area contributed by atoms with Crippen LogP contribution in [0.5, 0.6) is 5.88 Å². The van der Waals surface area contributed by atoms with E-state index in [9.17, 15) is 4.79 Å². The van der Waals surface area contributed by atoms with E-state index in [1.807, 2.05) is 36.4 Å². The fourth-order valence-corrected chi connectivity index (χ4v) is 3.08. The summed E-state index contributed by atoms with van der Waals surface area (Å²) < 4.78 is 5.94. The number of ether oxygens (including phenoxy) is 1. The first-order valence-corrected chi connectivity index (χ1v) is 9.04. The number of aromatic nitrogens is 1. The van der Waals surface area contributed by atoms with Crippen LogP contribution in [0.2, 0.25) is 0 Å². The highest BCUT2D eigenvalue weighted by atomic mass is 16.5. The highest BCUT2D eigenvalue weighted by Gasteiger charge is 2.26. The van der Waals surface area contributed by atoms with E-state index >= 15 is 0 Å². The number of carbonyl (C=O) groups is 1. The van der Waals surface area contributed by atoms with Gasteiger partial charge in [-0.05, 0) is 23.8 Å². The lowest BCUT2D eigenvalue weighted by Gasteiger charge is -2.21. The third-order valence-electron chi connectivity index (χ3n) is 4.45. The van der Waals surface area contributed by atoms with Crippen molar-refractivity contribution < 1.29 is 9.53 Å². The van der Waals surface area contributed by atoms with Crippen LogP contribution in [0.4, 0.5) is 0 Å². The summed E-state index contributed by atoms with van der Waals surface area (Å²) in [5.41, 5.74) is 1.68. The van der Waals surface area contributed by atoms with Crippen molar-refractivity contribution >= 4 is 11.9 Å². The molecule has 1 fully saturated rings. The molecule has 142 valence electrons. The minimum atomic E-state index is -0.0877. The Bertz CT molecular complexity index is 794. The standard InChI is InChI=1S/C20H25N5O2/c1-21-19(26)16-7-5-6-15(12-16)13-24-20(22-2)25-11-9-17(14-25)27-18-8-3-4-10-23-18/h3-8,10,12,17H,9,11,13-14H2,1-2H3,(H,21,26)(H,22,24). The minimum Gasteiger partial charge on any atom is -0.472 e. The van der Waals surface area contributed by atoms with Crippen molar-refractivity contribution in [2.75, 3.05) is 27.2 Å². The van der Waals surface area contributed by atoms with Gasteiger partial charge in [0.25, 0.3) is 5.91 Å². The molecular weight excluding hydrogens is 342 g/mol. The Morgan fingerprint density at radius 1 is 1.33 bits per heavy atom. The lowest BCUT2D eigenvalue weighted by Crippen LogP contribution is -2.40. The highest BCUT2D eigenvalue weighted by Crippen LogP contribution is 2.16. The van der Waals surface area contributed by atoms with Gasteiger partial charge in [-0.1, -0.05) is 18.2 Å². The van der Waals surface area contributed by atoms with Crippen LogP contribution in [-0.4, -0.2) is 55.0 Å². The zero-order valence-electron chi connectivity index (χ0n) is 15.7. The lowest BCUT2D eigenvalue weighted by atomic mass is 10.1. The first kappa shape index (κ1) is 18.7. The third-order valence-corrected chi connectivity index (χ3v) is 4.45. The predicted octanol–water partition coefficient (Wildman–Crippen LogP) is 1.67. The van der Waals surface area contributed by atoms with Gasteiger partial charge in [-0.15, -0.1) is 0 Å². The fourth-order valence-electron chi connectivity index (χ4n) is 3.08. The van der Waals surface area contributed by atoms with Crippen LogP contribution in [0.3, 0.4) is 0 Å². The summed E-state index contributed by atoms with van der Waals surface area (Å²) in [6.07, 6.45) is 2.74. The molecule has 1 unspecified atom stereocenters. The number of carbonyl (C=O) groups excluding carboxylic acids is 1. The first-order chi connectivity index (χ1) is 13.2. The molecule has 27 heavy (non-hydrogen) atoms. The number of hydrogen-bond donors (Lipinski definition) is 2. The number of likely N-dealkylation sites (tertiary alicyclic amines) is 1. The summed E-state index contributed by atoms with van der Waals surface area (Å²) in [4.78, 5) is 22.5. The number of nitrogens with zero attached hydrogens (tertiary/aromatic N) is 3. The largest absolute Gasteiger partial charge is 0.472 e. The molecule has 0 bridgehead atoms. The van der Waals surface area contributed by atoms with Crippen LogP contribution in [-0.2, 0) is 6.54 Å². The van der Waals surface area contributed by atoms with Crippen LogP contribution < -0.4 is 15.4 Å². The van der Waals surface area contributed by atoms with E-state index in [0.717, 1.165) is 31.0 Å². The number of rotatable bonds is 5. The second-order valence-corrected chi connectivity index (χ2v) is 6.32. The van der Waals surface area contributed by atoms with Gasteiger partial charge in [-0.3, -0.25) is 9.79 Å². The molecule has 1 aliphatic rings. The van der Waals surface area contributed by atoms with Crippen molar-refractivity contribution in [1.29, 1.82) is 0 Å². The van der Waals surface area contributed by atoms with Crippen molar-refractivity contribution in [2.45, 2.75) is 19.1 Å². The Balaban J connectivity index is 1.55. The van der Waals surface area contributed by atoms with Gasteiger partial charge in [0, 0.05) is 51.4 Å². The number of hydrogen-bond acceptors (Lipinski definition) is 4. The second-order valence-electron chi connectivity index (χ2n) is 6.32. The Morgan fingerprint density at radius 3 is 2.96 bits per heavy atom. The number of guanidine groups is 1. The van der Waals surface area contributed by atoms with Gasteiger partial charge in [-0.2, -0.15) is 0 Å². The van der Waals surface area contributed by atoms with Gasteiger partial charge in [0.2, 0.25) is 5.88 Å². The average Bonchev–Trinajstić information content (AvgIpc) is 3.17. The Hall–Kier alpha value is -3.09. The van der Waals surface area contributed by atoms with Crippen molar-refractivity contribution in [3.8, 4) is 5.88 Å². The lowest BCUT2D eigenvalue weighted by molar-refractivity contribution is 0.0963. The quantitative estimate of drug-likeness (QED) is 0.621. The van der Waals surface area contributed by atoms with Gasteiger partial charge in [0.05, 0.1) is 6.54 Å². The molecule has 0 aliphatic carbocycles. The molecule has 1 saturated heterocycles. The summed E-state index contributed by atoms with van der Waals surface area (Å²) in [5.74, 6) is 1.39. The molecule has 2 aromatic rings. The maximum atomic E-state index is 11.8. The highest BCUT2D eigenvalue weighted by molar-refractivity contribution is 5.94. The molecule has 2 N–H and O–H groups in total. The first-order valence-electron chi connectivity index (χ1n) is 9.04. The fraction of sp³-hybridized carbons (Fsp3) is 0.350. The smallest absolute Gasteiger partial charge is 0.251 e. The maximum Gasteiger partial charge on any atom is 0.251 e. The topological polar surface area (TPSA) is 78.9 Å². The summed E-state index contributed by atoms with van der Waals surface area (Å²) in [7, 11) is 3.40. The van der Waals surface area contributed by atoms with E-state index in [1.165, 1.54) is 0 Å². The molecule has 0 spiro atoms. The summed E-state index contributed by atoms with van der Waals surface area (Å²) in [6, 6.07) is 13.2. The molecule has 7 heteroatoms. The zero-order valence-corrected chi connectivity index (χ0v) is 15.7. The van der Waals surface area contributed by atoms with E-state index in [2.05, 4.69) is 25.5 Å². The Kier molecular flexibility index (Phi) is 6.25. The molecule has 1 amide bonds. The second kappa shape index (κ2) is 9.02. The molecule has 3 rings (SSSR count). The summed E-state index contributed by atoms with van der Waals surface area (Å²) >= 11 is 0. The zero-order chi connectivity index (χ0) is 19.1. The van der Waals surface area contributed by atoms with Crippen LogP contribution >= 0.6 is 0 Å². The molecule has 1 aromatic heterocycles. The minimum absolute atomic E-state index is 0.0877. The van der Waals surface area contributed by atoms with Crippen molar-refractivity contribution in [3.05, 3.63) is 59.8 Å². The number of amides is 1. The van der Waals surface area contributed by atoms with E-state index in [-0.39, 0.29) is 12.0 Å². The van der Waals surface area contributed by atoms with Gasteiger partial charge in [0.1, 0.15) is 6.10 Å². The molecule has 7 nitrogen and oxygen atoms in total. The maximum absolute atomic E-state index is 11.8. The van der Waals surface area contributed by atoms with Crippen LogP contribution in [0.15, 0.2) is 53.7 Å². The van der Waals surface area contributed by atoms with Crippen molar-refractivity contribution in [2.24, 2.45) is 4.99 Å². The normalized spacial score (nSPS) is 16.9. The van der Waals surface area contributed by atoms with Gasteiger partial charge in [0.15, 0.2) is 5.96 Å². The molecule has 1 aliphatic heterocycles. The molecule has 1 atom stereocenters. The van der Waals surface area contributed by atoms with E-state index in [1.54, 1.807) is 26.4 Å². The summed E-state index contributed by atoms with van der Waals surface area (Å²) in [6.45, 7) is 2.23. The van der Waals surface area contributed by atoms with Crippen molar-refractivity contribution in [3.63, 3.8) is 0 Å². The number of nitrogens with one attached hydrogen (secondary N) is 2. The van der Waals surface area contributed by atoms with Crippen LogP contribution in [0.25, 0.3) is 0 Å². The van der Waals surface area contributed by atoms with Gasteiger partial charge in [-0.25, -0.2) is 4.98 Å². The Morgan fingerprint density at radius 2 is 2.22 bits per heavy atom. The Labute approximate surface area is 159 Å². The van der Waals surface area contributed by atoms with Crippen LogP contribution in [0, 0.1) is 0 Å². The predicted molar refractivity (Wildman–Crippen MR) is 105 cm³/mol. The molecular formula is C20H25N5O2. The number of pyridine rings is 1. The number of benzene rings is 1. The monoisotopic (exact) mass is 367 g/mol. The van der Waals surface area contributed by atoms with Crippen molar-refractivity contribution in [1.82, 2.24) is 20.5 Å². The average molecular weight is 367 g/mol. The molecule has 1 aromatic carbocycles. The van der Waals surface area contributed by atoms with Crippen LogP contribution in [0.1, 0.15) is 22.3 Å².